The molecule has 2 rings (SSSR count). The Hall–Kier alpha value is -3.07. The lowest BCUT2D eigenvalue weighted by Crippen LogP contribution is -2.13. The van der Waals surface area contributed by atoms with Crippen LogP contribution in [0.2, 0.25) is 0 Å². The number of anilines is 3. The van der Waals surface area contributed by atoms with Crippen LogP contribution in [0, 0.1) is 17.1 Å². The summed E-state index contributed by atoms with van der Waals surface area (Å²) in [4.78, 5) is 11.4. The number of benzene rings is 2. The molecule has 0 aliphatic heterocycles. The molecule has 0 spiro atoms. The standard InChI is InChI=1S/C14H11FN4O/c15-12-3-2-10(5-8(12)7-16)19-13-4-1-9(17)6-11(13)14(18)20/h1-6,19H,17H2,(H2,18,20). The van der Waals surface area contributed by atoms with Crippen molar-refractivity contribution in [1.82, 2.24) is 0 Å². The van der Waals surface area contributed by atoms with Crippen molar-refractivity contribution in [3.8, 4) is 6.07 Å². The average molecular weight is 270 g/mol. The van der Waals surface area contributed by atoms with Crippen LogP contribution < -0.4 is 16.8 Å². The molecule has 20 heavy (non-hydrogen) atoms. The van der Waals surface area contributed by atoms with Crippen LogP contribution in [0.1, 0.15) is 15.9 Å². The predicted molar refractivity (Wildman–Crippen MR) is 73.8 cm³/mol. The van der Waals surface area contributed by atoms with Crippen molar-refractivity contribution in [2.75, 3.05) is 11.1 Å². The van der Waals surface area contributed by atoms with Gasteiger partial charge in [0.15, 0.2) is 0 Å². The molecule has 100 valence electrons. The Morgan fingerprint density at radius 2 is 2.00 bits per heavy atom. The first-order valence-corrected chi connectivity index (χ1v) is 5.67. The van der Waals surface area contributed by atoms with E-state index in [1.165, 1.54) is 24.3 Å². The normalized spacial score (nSPS) is 9.80. The van der Waals surface area contributed by atoms with E-state index in [0.29, 0.717) is 17.1 Å². The summed E-state index contributed by atoms with van der Waals surface area (Å²) in [6, 6.07) is 10.3. The Balaban J connectivity index is 2.40. The minimum Gasteiger partial charge on any atom is -0.399 e. The van der Waals surface area contributed by atoms with Gasteiger partial charge in [-0.2, -0.15) is 5.26 Å². The molecule has 0 aliphatic carbocycles. The van der Waals surface area contributed by atoms with Crippen molar-refractivity contribution in [2.45, 2.75) is 0 Å². The SMILES string of the molecule is N#Cc1cc(Nc2ccc(N)cc2C(N)=O)ccc1F. The van der Waals surface area contributed by atoms with Crippen LogP contribution in [0.4, 0.5) is 21.5 Å². The van der Waals surface area contributed by atoms with Gasteiger partial charge in [-0.1, -0.05) is 0 Å². The summed E-state index contributed by atoms with van der Waals surface area (Å²) in [5.74, 6) is -1.24. The Bertz CT molecular complexity index is 722. The lowest BCUT2D eigenvalue weighted by atomic mass is 10.1. The van der Waals surface area contributed by atoms with Crippen molar-refractivity contribution in [2.24, 2.45) is 5.73 Å². The molecule has 2 aromatic carbocycles. The number of carbonyl (C=O) groups excluding carboxylic acids is 1. The summed E-state index contributed by atoms with van der Waals surface area (Å²) in [7, 11) is 0. The van der Waals surface area contributed by atoms with Crippen LogP contribution >= 0.6 is 0 Å². The molecule has 0 radical (unpaired) electrons. The molecule has 0 heterocycles. The molecular weight excluding hydrogens is 259 g/mol. The van der Waals surface area contributed by atoms with E-state index >= 15 is 0 Å². The van der Waals surface area contributed by atoms with Crippen LogP contribution in [0.5, 0.6) is 0 Å². The quantitative estimate of drug-likeness (QED) is 0.743. The molecule has 0 unspecified atom stereocenters. The zero-order chi connectivity index (χ0) is 14.7. The average Bonchev–Trinajstić information content (AvgIpc) is 2.42. The maximum absolute atomic E-state index is 13.2. The van der Waals surface area contributed by atoms with Crippen molar-refractivity contribution < 1.29 is 9.18 Å². The number of carbonyl (C=O) groups is 1. The summed E-state index contributed by atoms with van der Waals surface area (Å²) < 4.78 is 13.2. The number of amides is 1. The van der Waals surface area contributed by atoms with Crippen LogP contribution in [0.25, 0.3) is 0 Å². The second kappa shape index (κ2) is 5.28. The van der Waals surface area contributed by atoms with Gasteiger partial charge in [0.2, 0.25) is 0 Å². The zero-order valence-electron chi connectivity index (χ0n) is 10.4. The first-order chi connectivity index (χ1) is 9.51. The second-order valence-corrected chi connectivity index (χ2v) is 4.10. The fourth-order valence-corrected chi connectivity index (χ4v) is 1.72. The first-order valence-electron chi connectivity index (χ1n) is 5.67. The van der Waals surface area contributed by atoms with Crippen LogP contribution in [-0.4, -0.2) is 5.91 Å². The van der Waals surface area contributed by atoms with Gasteiger partial charge in [-0.25, -0.2) is 4.39 Å². The van der Waals surface area contributed by atoms with Gasteiger partial charge in [0.05, 0.1) is 16.8 Å². The van der Waals surface area contributed by atoms with E-state index in [4.69, 9.17) is 16.7 Å². The third-order valence-electron chi connectivity index (χ3n) is 2.67. The van der Waals surface area contributed by atoms with Gasteiger partial charge in [-0.05, 0) is 36.4 Å². The first kappa shape index (κ1) is 13.4. The molecule has 0 bridgehead atoms. The fourth-order valence-electron chi connectivity index (χ4n) is 1.72. The number of hydrogen-bond donors (Lipinski definition) is 3. The number of primary amides is 1. The summed E-state index contributed by atoms with van der Waals surface area (Å²) >= 11 is 0. The predicted octanol–water partition coefficient (Wildman–Crippen LogP) is 2.12. The van der Waals surface area contributed by atoms with E-state index in [1.807, 2.05) is 0 Å². The Morgan fingerprint density at radius 3 is 2.65 bits per heavy atom. The van der Waals surface area contributed by atoms with Crippen LogP contribution in [0.15, 0.2) is 36.4 Å². The summed E-state index contributed by atoms with van der Waals surface area (Å²) in [6.45, 7) is 0. The fraction of sp³-hybridized carbons (Fsp3) is 0. The lowest BCUT2D eigenvalue weighted by molar-refractivity contribution is 0.100. The third-order valence-corrected chi connectivity index (χ3v) is 2.67. The highest BCUT2D eigenvalue weighted by molar-refractivity contribution is 6.00. The monoisotopic (exact) mass is 270 g/mol. The lowest BCUT2D eigenvalue weighted by Gasteiger charge is -2.11. The maximum atomic E-state index is 13.2. The van der Waals surface area contributed by atoms with Crippen molar-refractivity contribution in [1.29, 1.82) is 5.26 Å². The number of nitrogens with zero attached hydrogens (tertiary/aromatic N) is 1. The van der Waals surface area contributed by atoms with Gasteiger partial charge >= 0.3 is 0 Å². The number of rotatable bonds is 3. The van der Waals surface area contributed by atoms with Gasteiger partial charge in [0, 0.05) is 11.4 Å². The molecule has 2 aromatic rings. The highest BCUT2D eigenvalue weighted by Gasteiger charge is 2.10. The number of nitrogens with two attached hydrogens (primary N) is 2. The number of halogens is 1. The minimum atomic E-state index is -0.637. The molecule has 0 aliphatic rings. The summed E-state index contributed by atoms with van der Waals surface area (Å²) in [6.07, 6.45) is 0. The van der Waals surface area contributed by atoms with Gasteiger partial charge in [-0.3, -0.25) is 4.79 Å². The number of nitrogen functional groups attached to an aromatic ring is 1. The largest absolute Gasteiger partial charge is 0.399 e. The van der Waals surface area contributed by atoms with E-state index in [2.05, 4.69) is 5.32 Å². The molecule has 0 aromatic heterocycles. The molecule has 0 saturated heterocycles. The van der Waals surface area contributed by atoms with E-state index in [1.54, 1.807) is 18.2 Å². The third kappa shape index (κ3) is 2.67. The van der Waals surface area contributed by atoms with E-state index in [-0.39, 0.29) is 11.1 Å². The van der Waals surface area contributed by atoms with Crippen LogP contribution in [0.3, 0.4) is 0 Å². The van der Waals surface area contributed by atoms with Gasteiger partial charge in [0.1, 0.15) is 11.9 Å². The molecule has 6 heteroatoms. The smallest absolute Gasteiger partial charge is 0.250 e. The highest BCUT2D eigenvalue weighted by Crippen LogP contribution is 2.24. The molecule has 0 fully saturated rings. The van der Waals surface area contributed by atoms with Gasteiger partial charge < -0.3 is 16.8 Å². The highest BCUT2D eigenvalue weighted by atomic mass is 19.1. The van der Waals surface area contributed by atoms with Gasteiger partial charge in [0.25, 0.3) is 5.91 Å². The maximum Gasteiger partial charge on any atom is 0.250 e. The number of nitrogens with one attached hydrogen (secondary N) is 1. The molecule has 1 amide bonds. The summed E-state index contributed by atoms with van der Waals surface area (Å²) in [5.41, 5.74) is 12.3. The van der Waals surface area contributed by atoms with E-state index < -0.39 is 11.7 Å². The zero-order valence-corrected chi connectivity index (χ0v) is 10.4. The second-order valence-electron chi connectivity index (χ2n) is 4.10. The van der Waals surface area contributed by atoms with Crippen LogP contribution in [-0.2, 0) is 0 Å². The molecule has 5 nitrogen and oxygen atoms in total. The van der Waals surface area contributed by atoms with Crippen molar-refractivity contribution in [3.05, 3.63) is 53.3 Å². The molecule has 0 saturated carbocycles. The van der Waals surface area contributed by atoms with E-state index in [9.17, 15) is 9.18 Å². The molecular formula is C14H11FN4O. The Morgan fingerprint density at radius 1 is 1.25 bits per heavy atom. The topological polar surface area (TPSA) is 105 Å². The van der Waals surface area contributed by atoms with Crippen molar-refractivity contribution in [3.63, 3.8) is 0 Å². The number of nitriles is 1. The Labute approximate surface area is 114 Å². The Kier molecular flexibility index (Phi) is 3.53. The number of hydrogen-bond acceptors (Lipinski definition) is 4. The minimum absolute atomic E-state index is 0.0916. The summed E-state index contributed by atoms with van der Waals surface area (Å²) in [5, 5.41) is 11.7. The van der Waals surface area contributed by atoms with E-state index in [0.717, 1.165) is 0 Å². The van der Waals surface area contributed by atoms with Crippen molar-refractivity contribution >= 4 is 23.0 Å². The molecule has 5 N–H and O–H groups in total. The molecule has 0 atom stereocenters. The van der Waals surface area contributed by atoms with Gasteiger partial charge in [-0.15, -0.1) is 0 Å².